The first-order chi connectivity index (χ1) is 10.8. The number of ether oxygens (including phenoxy) is 1. The van der Waals surface area contributed by atoms with Gasteiger partial charge in [-0.3, -0.25) is 15.1 Å². The number of nitrogens with zero attached hydrogens (tertiary/aromatic N) is 1. The highest BCUT2D eigenvalue weighted by Gasteiger charge is 2.15. The second kappa shape index (κ2) is 8.76. The van der Waals surface area contributed by atoms with Gasteiger partial charge in [-0.05, 0) is 26.0 Å². The molecule has 23 heavy (non-hydrogen) atoms. The van der Waals surface area contributed by atoms with Gasteiger partial charge in [0, 0.05) is 6.21 Å². The zero-order chi connectivity index (χ0) is 17.6. The molecule has 0 aliphatic heterocycles. The summed E-state index contributed by atoms with van der Waals surface area (Å²) < 4.78 is 4.58. The van der Waals surface area contributed by atoms with Gasteiger partial charge in [0.2, 0.25) is 0 Å². The van der Waals surface area contributed by atoms with Crippen molar-refractivity contribution >= 4 is 58.7 Å². The topological polar surface area (TPSA) is 88.0 Å². The van der Waals surface area contributed by atoms with E-state index in [1.807, 2.05) is 5.32 Å². The predicted octanol–water partition coefficient (Wildman–Crippen LogP) is 4.45. The molecule has 1 rings (SSSR count). The molecule has 0 unspecified atom stereocenters. The number of hydrogen-bond acceptors (Lipinski definition) is 5. The van der Waals surface area contributed by atoms with Crippen LogP contribution in [0.4, 0.5) is 10.5 Å². The lowest BCUT2D eigenvalue weighted by Gasteiger charge is -2.06. The fourth-order valence-electron chi connectivity index (χ4n) is 1.39. The summed E-state index contributed by atoms with van der Waals surface area (Å²) in [4.78, 5) is 27.1. The van der Waals surface area contributed by atoms with Gasteiger partial charge in [0.25, 0.3) is 5.91 Å². The van der Waals surface area contributed by atoms with Crippen LogP contribution in [0.3, 0.4) is 0 Å². The van der Waals surface area contributed by atoms with E-state index in [2.05, 4.69) is 9.73 Å². The van der Waals surface area contributed by atoms with Crippen LogP contribution in [0.5, 0.6) is 0 Å². The van der Waals surface area contributed by atoms with Gasteiger partial charge >= 0.3 is 6.09 Å². The van der Waals surface area contributed by atoms with E-state index in [4.69, 9.17) is 34.8 Å². The monoisotopic (exact) mass is 378 g/mol. The third-order valence-corrected chi connectivity index (χ3v) is 3.76. The summed E-state index contributed by atoms with van der Waals surface area (Å²) in [6, 6.07) is 2.97. The predicted molar refractivity (Wildman–Crippen MR) is 90.1 cm³/mol. The summed E-state index contributed by atoms with van der Waals surface area (Å²) >= 11 is 17.7. The second-order valence-corrected chi connectivity index (χ2v) is 5.29. The van der Waals surface area contributed by atoms with Crippen LogP contribution >= 0.6 is 34.8 Å². The molecule has 2 N–H and O–H groups in total. The number of aliphatic hydroxyl groups is 1. The van der Waals surface area contributed by atoms with E-state index in [-0.39, 0.29) is 38.7 Å². The number of nitrogens with one attached hydrogen (secondary N) is 1. The number of hydrogen-bond donors (Lipinski definition) is 2. The minimum absolute atomic E-state index is 0.0937. The number of aliphatic imine (C=N–C) groups is 1. The lowest BCUT2D eigenvalue weighted by atomic mass is 10.2. The van der Waals surface area contributed by atoms with Crippen LogP contribution in [-0.4, -0.2) is 29.9 Å². The molecule has 0 fully saturated rings. The summed E-state index contributed by atoms with van der Waals surface area (Å²) in [6.07, 6.45) is 0.118. The zero-order valence-corrected chi connectivity index (χ0v) is 14.5. The first-order valence-corrected chi connectivity index (χ1v) is 7.46. The number of imide groups is 1. The highest BCUT2D eigenvalue weighted by Crippen LogP contribution is 2.37. The van der Waals surface area contributed by atoms with E-state index in [1.165, 1.54) is 19.1 Å². The number of amides is 2. The van der Waals surface area contributed by atoms with Crippen molar-refractivity contribution in [3.05, 3.63) is 38.5 Å². The van der Waals surface area contributed by atoms with Gasteiger partial charge < -0.3 is 9.84 Å². The number of carbonyl (C=O) groups is 2. The average molecular weight is 380 g/mol. The molecule has 0 bridgehead atoms. The van der Waals surface area contributed by atoms with Crippen molar-refractivity contribution < 1.29 is 19.4 Å². The molecule has 0 radical (unpaired) electrons. The molecule has 124 valence electrons. The maximum absolute atomic E-state index is 11.9. The summed E-state index contributed by atoms with van der Waals surface area (Å²) in [7, 11) is 0. The van der Waals surface area contributed by atoms with Crippen LogP contribution in [0, 0.1) is 0 Å². The lowest BCUT2D eigenvalue weighted by molar-refractivity contribution is -0.116. The molecule has 0 spiro atoms. The molecule has 0 aromatic heterocycles. The van der Waals surface area contributed by atoms with Gasteiger partial charge in [0.1, 0.15) is 5.76 Å². The van der Waals surface area contributed by atoms with E-state index in [9.17, 15) is 14.7 Å². The smallest absolute Gasteiger partial charge is 0.414 e. The van der Waals surface area contributed by atoms with Gasteiger partial charge in [-0.1, -0.05) is 34.8 Å². The first-order valence-electron chi connectivity index (χ1n) is 6.33. The summed E-state index contributed by atoms with van der Waals surface area (Å²) in [5, 5.41) is 12.0. The Kier molecular flexibility index (Phi) is 7.35. The Balaban J connectivity index is 3.02. The maximum atomic E-state index is 11.9. The van der Waals surface area contributed by atoms with Gasteiger partial charge in [-0.15, -0.1) is 0 Å². The maximum Gasteiger partial charge on any atom is 0.414 e. The lowest BCUT2D eigenvalue weighted by Crippen LogP contribution is -2.33. The molecule has 0 saturated heterocycles. The Bertz CT molecular complexity index is 683. The Morgan fingerprint density at radius 1 is 1.30 bits per heavy atom. The van der Waals surface area contributed by atoms with Crippen LogP contribution in [-0.2, 0) is 9.53 Å². The van der Waals surface area contributed by atoms with E-state index in [0.717, 1.165) is 6.21 Å². The Morgan fingerprint density at radius 3 is 2.52 bits per heavy atom. The first kappa shape index (κ1) is 19.3. The van der Waals surface area contributed by atoms with E-state index >= 15 is 0 Å². The minimum atomic E-state index is -0.933. The number of aliphatic hydroxyl groups excluding tert-OH is 1. The molecule has 0 atom stereocenters. The van der Waals surface area contributed by atoms with Crippen LogP contribution in [0.25, 0.3) is 0 Å². The largest absolute Gasteiger partial charge is 0.512 e. The van der Waals surface area contributed by atoms with Crippen LogP contribution in [0.1, 0.15) is 13.8 Å². The Morgan fingerprint density at radius 2 is 1.96 bits per heavy atom. The normalized spacial score (nSPS) is 12.0. The molecule has 1 aromatic carbocycles. The third-order valence-electron chi connectivity index (χ3n) is 2.47. The van der Waals surface area contributed by atoms with Crippen LogP contribution in [0.2, 0.25) is 15.1 Å². The highest BCUT2D eigenvalue weighted by molar-refractivity contribution is 6.49. The summed E-state index contributed by atoms with van der Waals surface area (Å²) in [5.74, 6) is -1.21. The highest BCUT2D eigenvalue weighted by atomic mass is 35.5. The average Bonchev–Trinajstić information content (AvgIpc) is 2.47. The summed E-state index contributed by atoms with van der Waals surface area (Å²) in [5.41, 5.74) is 0.00365. The van der Waals surface area contributed by atoms with Crippen molar-refractivity contribution in [3.63, 3.8) is 0 Å². The molecular weight excluding hydrogens is 367 g/mol. The van der Waals surface area contributed by atoms with Crippen molar-refractivity contribution in [2.75, 3.05) is 6.61 Å². The van der Waals surface area contributed by atoms with Gasteiger partial charge in [-0.2, -0.15) is 0 Å². The molecule has 1 aromatic rings. The SMILES string of the molecule is CCOC(=O)NC(=O)/C(C=Nc1ccc(Cl)c(Cl)c1Cl)=C(/C)O. The van der Waals surface area contributed by atoms with E-state index < -0.39 is 12.0 Å². The third kappa shape index (κ3) is 5.42. The van der Waals surface area contributed by atoms with Crippen molar-refractivity contribution in [2.24, 2.45) is 4.99 Å². The van der Waals surface area contributed by atoms with Crippen LogP contribution in [0.15, 0.2) is 28.5 Å². The molecular formula is C14H13Cl3N2O4. The molecule has 2 amide bonds. The second-order valence-electron chi connectivity index (χ2n) is 4.13. The van der Waals surface area contributed by atoms with Crippen LogP contribution < -0.4 is 5.32 Å². The molecule has 6 nitrogen and oxygen atoms in total. The minimum Gasteiger partial charge on any atom is -0.512 e. The number of carbonyl (C=O) groups excluding carboxylic acids is 2. The number of alkyl carbamates (subject to hydrolysis) is 1. The number of allylic oxidation sites excluding steroid dienone is 1. The molecule has 0 saturated carbocycles. The van der Waals surface area contributed by atoms with Crippen molar-refractivity contribution in [1.29, 1.82) is 0 Å². The van der Waals surface area contributed by atoms with Crippen molar-refractivity contribution in [3.8, 4) is 0 Å². The van der Waals surface area contributed by atoms with Gasteiger partial charge in [-0.25, -0.2) is 4.79 Å². The molecule has 0 aliphatic carbocycles. The summed E-state index contributed by atoms with van der Waals surface area (Å²) in [6.45, 7) is 2.96. The number of rotatable bonds is 4. The number of halogens is 3. The quantitative estimate of drug-likeness (QED) is 0.350. The fraction of sp³-hybridized carbons (Fsp3) is 0.214. The zero-order valence-electron chi connectivity index (χ0n) is 12.2. The van der Waals surface area contributed by atoms with Crippen molar-refractivity contribution in [1.82, 2.24) is 5.32 Å². The number of benzene rings is 1. The Hall–Kier alpha value is -1.76. The molecule has 9 heteroatoms. The Labute approximate surface area is 147 Å². The van der Waals surface area contributed by atoms with E-state index in [0.29, 0.717) is 0 Å². The van der Waals surface area contributed by atoms with E-state index in [1.54, 1.807) is 6.92 Å². The van der Waals surface area contributed by atoms with Gasteiger partial charge in [0.05, 0.1) is 32.9 Å². The van der Waals surface area contributed by atoms with Crippen molar-refractivity contribution in [2.45, 2.75) is 13.8 Å². The standard InChI is InChI=1S/C14H13Cl3N2O4/c1-3-23-14(22)19-13(21)8(7(2)20)6-18-10-5-4-9(15)11(16)12(10)17/h4-6,20H,3H2,1-2H3,(H,19,21,22)/b8-7-,18-6?. The van der Waals surface area contributed by atoms with Gasteiger partial charge in [0.15, 0.2) is 0 Å². The fourth-order valence-corrected chi connectivity index (χ4v) is 1.97. The molecule has 0 heterocycles. The molecule has 0 aliphatic rings.